The van der Waals surface area contributed by atoms with Gasteiger partial charge in [-0.15, -0.1) is 0 Å². The van der Waals surface area contributed by atoms with Crippen molar-refractivity contribution in [2.24, 2.45) is 0 Å². The Morgan fingerprint density at radius 3 is 2.47 bits per heavy atom. The van der Waals surface area contributed by atoms with Crippen LogP contribution in [-0.4, -0.2) is 43.5 Å². The lowest BCUT2D eigenvalue weighted by molar-refractivity contribution is -0.115. The van der Waals surface area contributed by atoms with Crippen LogP contribution in [0.5, 0.6) is 0 Å². The van der Waals surface area contributed by atoms with Gasteiger partial charge in [-0.2, -0.15) is 0 Å². The van der Waals surface area contributed by atoms with Crippen molar-refractivity contribution in [2.45, 2.75) is 37.2 Å². The number of carbonyl (C=O) groups excluding carboxylic acids is 2. The fraction of sp³-hybridized carbons (Fsp3) is 0.364. The molecular formula is C22H25FN2O4S. The van der Waals surface area contributed by atoms with Gasteiger partial charge in [0.2, 0.25) is 5.91 Å². The van der Waals surface area contributed by atoms with Gasteiger partial charge in [-0.25, -0.2) is 12.8 Å². The fourth-order valence-electron chi connectivity index (χ4n) is 3.39. The van der Waals surface area contributed by atoms with Crippen molar-refractivity contribution in [3.05, 3.63) is 65.5 Å². The van der Waals surface area contributed by atoms with Gasteiger partial charge in [-0.1, -0.05) is 24.3 Å². The number of nitrogens with zero attached hydrogens (tertiary/aromatic N) is 1. The molecule has 1 aliphatic rings. The van der Waals surface area contributed by atoms with Crippen molar-refractivity contribution in [1.29, 1.82) is 0 Å². The SMILES string of the molecule is CC(C(=O)Nc1ccccc1F)S(=O)(=O)Cc1cccc(C(=O)N2CCCCC2)c1. The summed E-state index contributed by atoms with van der Waals surface area (Å²) in [4.78, 5) is 26.8. The highest BCUT2D eigenvalue weighted by Gasteiger charge is 2.29. The molecule has 2 amide bonds. The summed E-state index contributed by atoms with van der Waals surface area (Å²) in [7, 11) is -3.87. The Kier molecular flexibility index (Phi) is 6.87. The summed E-state index contributed by atoms with van der Waals surface area (Å²) in [5.41, 5.74) is 0.801. The second-order valence-corrected chi connectivity index (χ2v) is 9.79. The molecular weight excluding hydrogens is 407 g/mol. The molecule has 1 saturated heterocycles. The highest BCUT2D eigenvalue weighted by atomic mass is 32.2. The van der Waals surface area contributed by atoms with Gasteiger partial charge in [0.05, 0.1) is 11.4 Å². The molecule has 0 spiro atoms. The molecule has 1 heterocycles. The number of amides is 2. The largest absolute Gasteiger partial charge is 0.339 e. The molecule has 0 bridgehead atoms. The van der Waals surface area contributed by atoms with Gasteiger partial charge < -0.3 is 10.2 Å². The van der Waals surface area contributed by atoms with E-state index in [1.165, 1.54) is 25.1 Å². The van der Waals surface area contributed by atoms with E-state index < -0.39 is 26.8 Å². The molecule has 8 heteroatoms. The van der Waals surface area contributed by atoms with Crippen LogP contribution >= 0.6 is 0 Å². The first-order valence-electron chi connectivity index (χ1n) is 9.93. The smallest absolute Gasteiger partial charge is 0.253 e. The normalized spacial score (nSPS) is 15.5. The van der Waals surface area contributed by atoms with E-state index in [0.29, 0.717) is 24.2 Å². The molecule has 2 aromatic rings. The molecule has 1 unspecified atom stereocenters. The lowest BCUT2D eigenvalue weighted by Crippen LogP contribution is -2.35. The number of nitrogens with one attached hydrogen (secondary N) is 1. The third-order valence-electron chi connectivity index (χ3n) is 5.22. The third-order valence-corrected chi connectivity index (χ3v) is 7.25. The maximum absolute atomic E-state index is 13.7. The quantitative estimate of drug-likeness (QED) is 0.758. The van der Waals surface area contributed by atoms with E-state index >= 15 is 0 Å². The molecule has 1 aliphatic heterocycles. The first-order chi connectivity index (χ1) is 14.3. The van der Waals surface area contributed by atoms with Crippen molar-refractivity contribution in [2.75, 3.05) is 18.4 Å². The number of piperidine rings is 1. The van der Waals surface area contributed by atoms with Crippen molar-refractivity contribution < 1.29 is 22.4 Å². The van der Waals surface area contributed by atoms with Crippen LogP contribution in [0.3, 0.4) is 0 Å². The van der Waals surface area contributed by atoms with E-state index in [1.807, 2.05) is 0 Å². The molecule has 1 atom stereocenters. The third kappa shape index (κ3) is 5.24. The monoisotopic (exact) mass is 432 g/mol. The standard InChI is InChI=1S/C22H25FN2O4S/c1-16(21(26)24-20-11-4-3-10-19(20)23)30(28,29)15-17-8-7-9-18(14-17)22(27)25-12-5-2-6-13-25/h3-4,7-11,14,16H,2,5-6,12-13,15H2,1H3,(H,24,26). The number of benzene rings is 2. The van der Waals surface area contributed by atoms with Crippen LogP contribution in [-0.2, 0) is 20.4 Å². The molecule has 3 rings (SSSR count). The molecule has 160 valence electrons. The Bertz CT molecular complexity index is 1030. The van der Waals surface area contributed by atoms with E-state index in [1.54, 1.807) is 35.2 Å². The van der Waals surface area contributed by atoms with Gasteiger partial charge in [-0.05, 0) is 56.0 Å². The number of hydrogen-bond acceptors (Lipinski definition) is 4. The van der Waals surface area contributed by atoms with Crippen LogP contribution < -0.4 is 5.32 Å². The van der Waals surface area contributed by atoms with Crippen LogP contribution in [0.1, 0.15) is 42.1 Å². The Morgan fingerprint density at radius 1 is 1.07 bits per heavy atom. The summed E-state index contributed by atoms with van der Waals surface area (Å²) in [6.07, 6.45) is 3.04. The van der Waals surface area contributed by atoms with Crippen LogP contribution in [0.15, 0.2) is 48.5 Å². The maximum Gasteiger partial charge on any atom is 0.253 e. The van der Waals surface area contributed by atoms with Crippen molar-refractivity contribution >= 4 is 27.3 Å². The van der Waals surface area contributed by atoms with Crippen molar-refractivity contribution in [3.63, 3.8) is 0 Å². The Labute approximate surface area is 176 Å². The molecule has 0 aliphatic carbocycles. The average molecular weight is 433 g/mol. The number of hydrogen-bond donors (Lipinski definition) is 1. The van der Waals surface area contributed by atoms with Crippen LogP contribution in [0.2, 0.25) is 0 Å². The summed E-state index contributed by atoms with van der Waals surface area (Å²) in [5.74, 6) is -1.95. The molecule has 2 aromatic carbocycles. The maximum atomic E-state index is 13.7. The minimum atomic E-state index is -3.87. The topological polar surface area (TPSA) is 83.5 Å². The molecule has 0 radical (unpaired) electrons. The Balaban J connectivity index is 1.70. The second-order valence-electron chi connectivity index (χ2n) is 7.47. The Morgan fingerprint density at radius 2 is 1.77 bits per heavy atom. The van der Waals surface area contributed by atoms with E-state index in [4.69, 9.17) is 0 Å². The fourth-order valence-corrected chi connectivity index (χ4v) is 4.67. The van der Waals surface area contributed by atoms with E-state index in [2.05, 4.69) is 5.32 Å². The van der Waals surface area contributed by atoms with E-state index in [-0.39, 0.29) is 17.3 Å². The molecule has 1 N–H and O–H groups in total. The molecule has 30 heavy (non-hydrogen) atoms. The number of anilines is 1. The van der Waals surface area contributed by atoms with Crippen LogP contribution in [0.25, 0.3) is 0 Å². The number of halogens is 1. The van der Waals surface area contributed by atoms with Crippen LogP contribution in [0, 0.1) is 5.82 Å². The van der Waals surface area contributed by atoms with Gasteiger partial charge in [0.1, 0.15) is 11.1 Å². The number of carbonyl (C=O) groups is 2. The summed E-state index contributed by atoms with van der Waals surface area (Å²) >= 11 is 0. The molecule has 0 aromatic heterocycles. The zero-order valence-electron chi connectivity index (χ0n) is 16.8. The second kappa shape index (κ2) is 9.38. The summed E-state index contributed by atoms with van der Waals surface area (Å²) in [5, 5.41) is 0.944. The first-order valence-corrected chi connectivity index (χ1v) is 11.6. The van der Waals surface area contributed by atoms with E-state index in [9.17, 15) is 22.4 Å². The van der Waals surface area contributed by atoms with Crippen molar-refractivity contribution in [1.82, 2.24) is 4.90 Å². The van der Waals surface area contributed by atoms with Gasteiger partial charge in [0, 0.05) is 18.7 Å². The minimum Gasteiger partial charge on any atom is -0.339 e. The number of para-hydroxylation sites is 1. The lowest BCUT2D eigenvalue weighted by atomic mass is 10.1. The molecule has 1 fully saturated rings. The summed E-state index contributed by atoms with van der Waals surface area (Å²) in [6, 6.07) is 12.1. The number of rotatable bonds is 6. The lowest BCUT2D eigenvalue weighted by Gasteiger charge is -2.26. The average Bonchev–Trinajstić information content (AvgIpc) is 2.74. The summed E-state index contributed by atoms with van der Waals surface area (Å²) in [6.45, 7) is 2.68. The molecule has 0 saturated carbocycles. The highest BCUT2D eigenvalue weighted by molar-refractivity contribution is 7.92. The number of likely N-dealkylation sites (tertiary alicyclic amines) is 1. The van der Waals surface area contributed by atoms with Gasteiger partial charge in [0.25, 0.3) is 5.91 Å². The minimum absolute atomic E-state index is 0.0707. The van der Waals surface area contributed by atoms with Crippen molar-refractivity contribution in [3.8, 4) is 0 Å². The van der Waals surface area contributed by atoms with Gasteiger partial charge >= 0.3 is 0 Å². The van der Waals surface area contributed by atoms with E-state index in [0.717, 1.165) is 19.3 Å². The first kappa shape index (κ1) is 22.0. The zero-order valence-corrected chi connectivity index (χ0v) is 17.6. The predicted octanol–water partition coefficient (Wildman–Crippen LogP) is 3.39. The van der Waals surface area contributed by atoms with Gasteiger partial charge in [0.15, 0.2) is 9.84 Å². The predicted molar refractivity (Wildman–Crippen MR) is 113 cm³/mol. The Hall–Kier alpha value is -2.74. The van der Waals surface area contributed by atoms with Crippen LogP contribution in [0.4, 0.5) is 10.1 Å². The zero-order chi connectivity index (χ0) is 21.7. The highest BCUT2D eigenvalue weighted by Crippen LogP contribution is 2.19. The summed E-state index contributed by atoms with van der Waals surface area (Å²) < 4.78 is 39.2. The molecule has 6 nitrogen and oxygen atoms in total. The van der Waals surface area contributed by atoms with Gasteiger partial charge in [-0.3, -0.25) is 9.59 Å². The number of sulfone groups is 1.